The molecule has 2 aromatic rings. The molecule has 2 nitrogen and oxygen atoms in total. The van der Waals surface area contributed by atoms with E-state index in [0.717, 1.165) is 23.7 Å². The molecule has 0 unspecified atom stereocenters. The molecule has 1 fully saturated rings. The monoisotopic (exact) mass is 200 g/mol. The summed E-state index contributed by atoms with van der Waals surface area (Å²) in [5.41, 5.74) is 2.38. The lowest BCUT2D eigenvalue weighted by molar-refractivity contribution is 0.373. The van der Waals surface area contributed by atoms with E-state index in [2.05, 4.69) is 31.2 Å². The normalized spacial score (nSPS) is 19.1. The molecule has 15 heavy (non-hydrogen) atoms. The van der Waals surface area contributed by atoms with Crippen LogP contribution in [0.1, 0.15) is 17.4 Å². The van der Waals surface area contributed by atoms with Gasteiger partial charge in [-0.1, -0.05) is 29.8 Å². The van der Waals surface area contributed by atoms with Crippen molar-refractivity contribution in [1.29, 1.82) is 0 Å². The summed E-state index contributed by atoms with van der Waals surface area (Å²) in [5, 5.41) is 0. The smallest absolute Gasteiger partial charge is 0.139 e. The second-order valence-corrected chi connectivity index (χ2v) is 3.89. The topological polar surface area (TPSA) is 25.7 Å². The molecule has 0 saturated carbocycles. The van der Waals surface area contributed by atoms with E-state index >= 15 is 0 Å². The van der Waals surface area contributed by atoms with Gasteiger partial charge in [0.15, 0.2) is 0 Å². The summed E-state index contributed by atoms with van der Waals surface area (Å²) in [7, 11) is 0. The lowest BCUT2D eigenvalue weighted by Crippen LogP contribution is -1.75. The minimum atomic E-state index is 0.198. The maximum atomic E-state index is 5.71. The first-order valence-electron chi connectivity index (χ1n) is 5.11. The van der Waals surface area contributed by atoms with Crippen LogP contribution in [0.25, 0.3) is 11.3 Å². The van der Waals surface area contributed by atoms with Crippen molar-refractivity contribution in [1.82, 2.24) is 0 Å². The largest absolute Gasteiger partial charge is 0.458 e. The standard InChI is InChI=1S/C13H12O2/c1-9-2-4-10(5-3-9)11-6-7-12(15-11)13-8-14-13/h2-7,13H,8H2,1H3/t13-/m1/s1. The molecule has 1 atom stereocenters. The molecule has 1 aliphatic heterocycles. The number of epoxide rings is 1. The third-order valence-corrected chi connectivity index (χ3v) is 2.61. The molecule has 1 aromatic heterocycles. The van der Waals surface area contributed by atoms with Crippen LogP contribution in [0.3, 0.4) is 0 Å². The molecule has 0 spiro atoms. The van der Waals surface area contributed by atoms with E-state index in [-0.39, 0.29) is 6.10 Å². The third kappa shape index (κ3) is 1.68. The maximum Gasteiger partial charge on any atom is 0.139 e. The Kier molecular flexibility index (Phi) is 1.89. The van der Waals surface area contributed by atoms with E-state index in [1.807, 2.05) is 12.1 Å². The zero-order valence-corrected chi connectivity index (χ0v) is 8.57. The number of rotatable bonds is 2. The summed E-state index contributed by atoms with van der Waals surface area (Å²) in [6.45, 7) is 2.87. The van der Waals surface area contributed by atoms with Crippen LogP contribution in [-0.2, 0) is 4.74 Å². The van der Waals surface area contributed by atoms with Crippen LogP contribution in [0.15, 0.2) is 40.8 Å². The Labute approximate surface area is 88.5 Å². The van der Waals surface area contributed by atoms with Crippen molar-refractivity contribution in [3.63, 3.8) is 0 Å². The van der Waals surface area contributed by atoms with E-state index in [1.54, 1.807) is 0 Å². The quantitative estimate of drug-likeness (QED) is 0.695. The first kappa shape index (κ1) is 8.74. The molecule has 76 valence electrons. The van der Waals surface area contributed by atoms with Crippen molar-refractivity contribution in [2.75, 3.05) is 6.61 Å². The zero-order valence-electron chi connectivity index (χ0n) is 8.57. The molecule has 1 saturated heterocycles. The van der Waals surface area contributed by atoms with Crippen LogP contribution >= 0.6 is 0 Å². The Hall–Kier alpha value is -1.54. The molecule has 0 N–H and O–H groups in total. The minimum Gasteiger partial charge on any atom is -0.458 e. The molecule has 2 heteroatoms. The molecule has 2 heterocycles. The molecular weight excluding hydrogens is 188 g/mol. The average Bonchev–Trinajstić information content (AvgIpc) is 2.99. The molecular formula is C13H12O2. The number of furan rings is 1. The number of ether oxygens (including phenoxy) is 1. The van der Waals surface area contributed by atoms with Gasteiger partial charge in [-0.05, 0) is 19.1 Å². The molecule has 3 rings (SSSR count). The summed E-state index contributed by atoms with van der Waals surface area (Å²) >= 11 is 0. The number of hydrogen-bond acceptors (Lipinski definition) is 2. The minimum absolute atomic E-state index is 0.198. The fourth-order valence-electron chi connectivity index (χ4n) is 1.61. The number of aryl methyl sites for hydroxylation is 1. The molecule has 1 aliphatic rings. The van der Waals surface area contributed by atoms with E-state index in [9.17, 15) is 0 Å². The van der Waals surface area contributed by atoms with Gasteiger partial charge >= 0.3 is 0 Å². The van der Waals surface area contributed by atoms with Crippen LogP contribution in [0, 0.1) is 6.92 Å². The van der Waals surface area contributed by atoms with Gasteiger partial charge in [-0.2, -0.15) is 0 Å². The van der Waals surface area contributed by atoms with Gasteiger partial charge in [-0.3, -0.25) is 0 Å². The highest BCUT2D eigenvalue weighted by molar-refractivity contribution is 5.58. The van der Waals surface area contributed by atoms with Gasteiger partial charge in [0.25, 0.3) is 0 Å². The summed E-state index contributed by atoms with van der Waals surface area (Å²) in [6.07, 6.45) is 0.198. The van der Waals surface area contributed by atoms with E-state index < -0.39 is 0 Å². The zero-order chi connectivity index (χ0) is 10.3. The predicted octanol–water partition coefficient (Wildman–Crippen LogP) is 3.33. The Morgan fingerprint density at radius 2 is 1.80 bits per heavy atom. The Morgan fingerprint density at radius 1 is 1.07 bits per heavy atom. The number of hydrogen-bond donors (Lipinski definition) is 0. The van der Waals surface area contributed by atoms with Crippen molar-refractivity contribution in [3.8, 4) is 11.3 Å². The fraction of sp³-hybridized carbons (Fsp3) is 0.231. The third-order valence-electron chi connectivity index (χ3n) is 2.61. The van der Waals surface area contributed by atoms with Crippen molar-refractivity contribution in [2.24, 2.45) is 0 Å². The summed E-state index contributed by atoms with van der Waals surface area (Å²) in [4.78, 5) is 0. The highest BCUT2D eigenvalue weighted by Crippen LogP contribution is 2.33. The van der Waals surface area contributed by atoms with Crippen LogP contribution in [0.2, 0.25) is 0 Å². The Morgan fingerprint density at radius 3 is 2.47 bits per heavy atom. The van der Waals surface area contributed by atoms with Crippen LogP contribution in [0.5, 0.6) is 0 Å². The number of benzene rings is 1. The first-order valence-corrected chi connectivity index (χ1v) is 5.11. The summed E-state index contributed by atoms with van der Waals surface area (Å²) in [6, 6.07) is 12.3. The second kappa shape index (κ2) is 3.24. The fourth-order valence-corrected chi connectivity index (χ4v) is 1.61. The van der Waals surface area contributed by atoms with Gasteiger partial charge < -0.3 is 9.15 Å². The van der Waals surface area contributed by atoms with Gasteiger partial charge in [0.2, 0.25) is 0 Å². The van der Waals surface area contributed by atoms with Crippen LogP contribution in [0.4, 0.5) is 0 Å². The predicted molar refractivity (Wildman–Crippen MR) is 57.6 cm³/mol. The molecule has 1 aromatic carbocycles. The summed E-state index contributed by atoms with van der Waals surface area (Å²) in [5.74, 6) is 1.85. The van der Waals surface area contributed by atoms with E-state index in [0.29, 0.717) is 0 Å². The van der Waals surface area contributed by atoms with Crippen molar-refractivity contribution in [2.45, 2.75) is 13.0 Å². The van der Waals surface area contributed by atoms with Crippen molar-refractivity contribution < 1.29 is 9.15 Å². The van der Waals surface area contributed by atoms with Gasteiger partial charge in [0, 0.05) is 5.56 Å². The highest BCUT2D eigenvalue weighted by Gasteiger charge is 2.28. The lowest BCUT2D eigenvalue weighted by Gasteiger charge is -1.97. The van der Waals surface area contributed by atoms with Gasteiger partial charge in [0.1, 0.15) is 17.6 Å². The maximum absolute atomic E-state index is 5.71. The van der Waals surface area contributed by atoms with Crippen LogP contribution < -0.4 is 0 Å². The van der Waals surface area contributed by atoms with Crippen molar-refractivity contribution in [3.05, 3.63) is 47.7 Å². The van der Waals surface area contributed by atoms with E-state index in [4.69, 9.17) is 9.15 Å². The molecule has 0 bridgehead atoms. The highest BCUT2D eigenvalue weighted by atomic mass is 16.6. The molecule has 0 amide bonds. The molecule has 0 radical (unpaired) electrons. The van der Waals surface area contributed by atoms with Gasteiger partial charge in [-0.15, -0.1) is 0 Å². The first-order chi connectivity index (χ1) is 7.33. The van der Waals surface area contributed by atoms with Crippen molar-refractivity contribution >= 4 is 0 Å². The second-order valence-electron chi connectivity index (χ2n) is 3.89. The molecule has 0 aliphatic carbocycles. The Balaban J connectivity index is 1.93. The SMILES string of the molecule is Cc1ccc(-c2ccc([C@H]3CO3)o2)cc1. The summed E-state index contributed by atoms with van der Waals surface area (Å²) < 4.78 is 10.9. The Bertz CT molecular complexity index is 464. The van der Waals surface area contributed by atoms with E-state index in [1.165, 1.54) is 5.56 Å². The lowest BCUT2D eigenvalue weighted by atomic mass is 10.1. The van der Waals surface area contributed by atoms with Crippen LogP contribution in [-0.4, -0.2) is 6.61 Å². The van der Waals surface area contributed by atoms with Gasteiger partial charge in [-0.25, -0.2) is 0 Å². The van der Waals surface area contributed by atoms with Gasteiger partial charge in [0.05, 0.1) is 6.61 Å². The average molecular weight is 200 g/mol.